The second kappa shape index (κ2) is 14.9. The molecule has 0 spiro atoms. The van der Waals surface area contributed by atoms with Crippen molar-refractivity contribution in [3.05, 3.63) is 53.3 Å². The number of aromatic nitrogens is 2. The summed E-state index contributed by atoms with van der Waals surface area (Å²) in [6.45, 7) is 10.7. The molecule has 2 fully saturated rings. The van der Waals surface area contributed by atoms with E-state index in [2.05, 4.69) is 46.2 Å². The molecule has 0 amide bonds. The number of aromatic hydroxyl groups is 1. The molecule has 47 heavy (non-hydrogen) atoms. The Bertz CT molecular complexity index is 1690. The van der Waals surface area contributed by atoms with Gasteiger partial charge in [0.1, 0.15) is 17.1 Å². The van der Waals surface area contributed by atoms with Gasteiger partial charge in [0, 0.05) is 54.8 Å². The molecule has 2 saturated heterocycles. The minimum absolute atomic E-state index is 0.0424. The Morgan fingerprint density at radius 2 is 1.87 bits per heavy atom. The maximum absolute atomic E-state index is 16.8. The van der Waals surface area contributed by atoms with Gasteiger partial charge in [-0.15, -0.1) is 0 Å². The maximum Gasteiger partial charge on any atom is 0.319 e. The Morgan fingerprint density at radius 3 is 2.60 bits per heavy atom. The van der Waals surface area contributed by atoms with Gasteiger partial charge in [0.05, 0.1) is 11.6 Å². The number of hydrogen-bond donors (Lipinski definition) is 3. The lowest BCUT2D eigenvalue weighted by Crippen LogP contribution is -2.51. The number of halogens is 2. The van der Waals surface area contributed by atoms with E-state index in [1.54, 1.807) is 18.2 Å². The van der Waals surface area contributed by atoms with E-state index in [4.69, 9.17) is 21.3 Å². The number of anilines is 1. The maximum atomic E-state index is 16.8. The van der Waals surface area contributed by atoms with Crippen molar-refractivity contribution in [2.24, 2.45) is 0 Å². The summed E-state index contributed by atoms with van der Waals surface area (Å²) in [6, 6.07) is 14.4. The van der Waals surface area contributed by atoms with Crippen LogP contribution in [0.5, 0.6) is 11.8 Å². The minimum Gasteiger partial charge on any atom is -0.508 e. The number of likely N-dealkylation sites (N-methyl/N-ethyl adjacent to an activating group) is 1. The van der Waals surface area contributed by atoms with E-state index in [0.29, 0.717) is 47.5 Å². The van der Waals surface area contributed by atoms with Crippen molar-refractivity contribution >= 4 is 39.1 Å². The van der Waals surface area contributed by atoms with E-state index >= 15 is 4.39 Å². The summed E-state index contributed by atoms with van der Waals surface area (Å²) in [5.74, 6) is 0.144. The molecule has 8 nitrogen and oxygen atoms in total. The highest BCUT2D eigenvalue weighted by molar-refractivity contribution is 6.35. The normalized spacial score (nSPS) is 18.6. The average Bonchev–Trinajstić information content (AvgIpc) is 3.40. The second-order valence-corrected chi connectivity index (χ2v) is 13.9. The van der Waals surface area contributed by atoms with Crippen LogP contribution in [0, 0.1) is 5.82 Å². The van der Waals surface area contributed by atoms with Crippen LogP contribution < -0.4 is 20.3 Å². The second-order valence-electron chi connectivity index (χ2n) is 13.4. The molecular formula is C37H48ClFN6O2. The average molecular weight is 663 g/mol. The molecule has 2 aliphatic rings. The standard InChI is InChI=1S/C37H48ClFN6O2/c1-5-10-25(40-4)20-44(23(2)3)15-8-9-16-47-37-42-35-31(36(43-37)45-21-26-13-14-27(22-45)41-26)19-32(38)33(34(35)39)30-18-28(46)17-24-11-6-7-12-29(24)30/h6-7,11-12,17-19,23,25-27,40-41,46H,5,8-10,13-16,20-22H2,1-4H3. The van der Waals surface area contributed by atoms with Crippen molar-refractivity contribution in [1.82, 2.24) is 25.5 Å². The monoisotopic (exact) mass is 662 g/mol. The van der Waals surface area contributed by atoms with Crippen LogP contribution in [0.25, 0.3) is 32.8 Å². The fourth-order valence-electron chi connectivity index (χ4n) is 7.28. The molecule has 0 radical (unpaired) electrons. The van der Waals surface area contributed by atoms with E-state index in [1.165, 1.54) is 0 Å². The third-order valence-electron chi connectivity index (χ3n) is 9.78. The molecule has 2 aliphatic heterocycles. The lowest BCUT2D eigenvalue weighted by Gasteiger charge is -2.34. The lowest BCUT2D eigenvalue weighted by molar-refractivity contribution is 0.185. The topological polar surface area (TPSA) is 85.8 Å². The molecule has 3 unspecified atom stereocenters. The quantitative estimate of drug-likeness (QED) is 0.123. The molecule has 2 bridgehead atoms. The van der Waals surface area contributed by atoms with Crippen LogP contribution in [0.2, 0.25) is 5.02 Å². The van der Waals surface area contributed by atoms with Crippen LogP contribution in [0.3, 0.4) is 0 Å². The fraction of sp³-hybridized carbons (Fsp3) is 0.514. The van der Waals surface area contributed by atoms with Crippen molar-refractivity contribution in [3.8, 4) is 22.9 Å². The highest BCUT2D eigenvalue weighted by Crippen LogP contribution is 2.43. The first-order valence-electron chi connectivity index (χ1n) is 17.2. The van der Waals surface area contributed by atoms with E-state index in [9.17, 15) is 5.11 Å². The molecule has 252 valence electrons. The molecule has 3 aromatic carbocycles. The number of fused-ring (bicyclic) bond motifs is 4. The first kappa shape index (κ1) is 33.7. The van der Waals surface area contributed by atoms with E-state index in [1.807, 2.05) is 31.3 Å². The molecule has 1 aromatic heterocycles. The number of unbranched alkanes of at least 4 members (excludes halogenated alkanes) is 1. The summed E-state index contributed by atoms with van der Waals surface area (Å²) in [6.07, 6.45) is 6.34. The summed E-state index contributed by atoms with van der Waals surface area (Å²) in [4.78, 5) is 14.3. The summed E-state index contributed by atoms with van der Waals surface area (Å²) in [7, 11) is 2.04. The van der Waals surface area contributed by atoms with Gasteiger partial charge < -0.3 is 25.4 Å². The van der Waals surface area contributed by atoms with Gasteiger partial charge in [-0.25, -0.2) is 4.39 Å². The van der Waals surface area contributed by atoms with Crippen molar-refractivity contribution in [2.75, 3.05) is 44.7 Å². The van der Waals surface area contributed by atoms with Gasteiger partial charge >= 0.3 is 6.01 Å². The van der Waals surface area contributed by atoms with Gasteiger partial charge in [-0.3, -0.25) is 4.90 Å². The predicted molar refractivity (Wildman–Crippen MR) is 190 cm³/mol. The number of nitrogens with zero attached hydrogens (tertiary/aromatic N) is 4. The van der Waals surface area contributed by atoms with E-state index in [0.717, 1.165) is 75.5 Å². The molecular weight excluding hydrogens is 615 g/mol. The van der Waals surface area contributed by atoms with Crippen LogP contribution in [0.4, 0.5) is 10.2 Å². The Balaban J connectivity index is 1.29. The van der Waals surface area contributed by atoms with Gasteiger partial charge in [-0.2, -0.15) is 9.97 Å². The first-order chi connectivity index (χ1) is 22.7. The van der Waals surface area contributed by atoms with Gasteiger partial charge in [-0.1, -0.05) is 49.2 Å². The van der Waals surface area contributed by atoms with Crippen LogP contribution in [0.1, 0.15) is 59.3 Å². The minimum atomic E-state index is -0.548. The van der Waals surface area contributed by atoms with E-state index < -0.39 is 5.82 Å². The molecule has 3 heterocycles. The van der Waals surface area contributed by atoms with E-state index in [-0.39, 0.29) is 27.9 Å². The Hall–Kier alpha value is -3.24. The fourth-order valence-corrected chi connectivity index (χ4v) is 7.58. The van der Waals surface area contributed by atoms with Crippen LogP contribution in [0.15, 0.2) is 42.5 Å². The zero-order valence-corrected chi connectivity index (χ0v) is 28.8. The highest BCUT2D eigenvalue weighted by atomic mass is 35.5. The zero-order valence-electron chi connectivity index (χ0n) is 28.0. The molecule has 0 saturated carbocycles. The summed E-state index contributed by atoms with van der Waals surface area (Å²) < 4.78 is 23.0. The smallest absolute Gasteiger partial charge is 0.319 e. The molecule has 0 aliphatic carbocycles. The zero-order chi connectivity index (χ0) is 33.1. The number of nitrogens with one attached hydrogen (secondary N) is 2. The van der Waals surface area contributed by atoms with Gasteiger partial charge in [0.25, 0.3) is 0 Å². The van der Waals surface area contributed by atoms with Crippen molar-refractivity contribution in [1.29, 1.82) is 0 Å². The van der Waals surface area contributed by atoms with Gasteiger partial charge in [-0.05, 0) is 94.1 Å². The van der Waals surface area contributed by atoms with Gasteiger partial charge in [0.2, 0.25) is 0 Å². The molecule has 3 N–H and O–H groups in total. The number of phenols is 1. The Kier molecular flexibility index (Phi) is 10.7. The number of benzene rings is 3. The number of phenolic OH excluding ortho intramolecular Hbond substituents is 1. The molecule has 6 rings (SSSR count). The van der Waals surface area contributed by atoms with Crippen LogP contribution >= 0.6 is 11.6 Å². The summed E-state index contributed by atoms with van der Waals surface area (Å²) >= 11 is 6.89. The number of piperazine rings is 1. The largest absolute Gasteiger partial charge is 0.508 e. The molecule has 10 heteroatoms. The van der Waals surface area contributed by atoms with Crippen molar-refractivity contribution in [2.45, 2.75) is 83.5 Å². The highest BCUT2D eigenvalue weighted by Gasteiger charge is 2.34. The number of ether oxygens (including phenoxy) is 1. The third kappa shape index (κ3) is 7.43. The predicted octanol–water partition coefficient (Wildman–Crippen LogP) is 7.15. The van der Waals surface area contributed by atoms with Crippen molar-refractivity contribution < 1.29 is 14.2 Å². The van der Waals surface area contributed by atoms with Crippen LogP contribution in [-0.2, 0) is 0 Å². The molecule has 3 atom stereocenters. The summed E-state index contributed by atoms with van der Waals surface area (Å²) in [5, 5.41) is 20.1. The summed E-state index contributed by atoms with van der Waals surface area (Å²) in [5.41, 5.74) is 0.892. The SMILES string of the molecule is CCCC(CN(CCCCOc1nc(N2CC3CCC(C2)N3)c2cc(Cl)c(-c3cc(O)cc4ccccc34)c(F)c2n1)C(C)C)NC. The number of rotatable bonds is 14. The van der Waals surface area contributed by atoms with Gasteiger partial charge in [0.15, 0.2) is 5.82 Å². The third-order valence-corrected chi connectivity index (χ3v) is 10.1. The molecule has 4 aromatic rings. The first-order valence-corrected chi connectivity index (χ1v) is 17.6. The van der Waals surface area contributed by atoms with Crippen LogP contribution in [-0.4, -0.2) is 84.0 Å². The van der Waals surface area contributed by atoms with Crippen molar-refractivity contribution in [3.63, 3.8) is 0 Å². The Labute approximate surface area is 282 Å². The number of hydrogen-bond acceptors (Lipinski definition) is 8. The lowest BCUT2D eigenvalue weighted by atomic mass is 9.96. The Morgan fingerprint density at radius 1 is 1.11 bits per heavy atom.